The van der Waals surface area contributed by atoms with Crippen molar-refractivity contribution in [1.29, 1.82) is 0 Å². The normalized spacial score (nSPS) is 30.5. The van der Waals surface area contributed by atoms with Gasteiger partial charge in [-0.3, -0.25) is 9.78 Å². The molecule has 9 nitrogen and oxygen atoms in total. The molecule has 0 radical (unpaired) electrons. The SMILES string of the molecule is O=c1[nH]c(=O)n(OC2OC(CO)C(O)C2O)cc1F. The molecule has 4 N–H and O–H groups in total. The largest absolute Gasteiger partial charge is 0.394 e. The molecule has 0 saturated carbocycles. The van der Waals surface area contributed by atoms with E-state index in [0.29, 0.717) is 10.9 Å². The van der Waals surface area contributed by atoms with Crippen molar-refractivity contribution in [1.82, 2.24) is 9.71 Å². The second-order valence-electron chi connectivity index (χ2n) is 3.87. The number of nitrogens with zero attached hydrogens (tertiary/aromatic N) is 1. The van der Waals surface area contributed by atoms with E-state index in [9.17, 15) is 24.2 Å². The summed E-state index contributed by atoms with van der Waals surface area (Å²) < 4.78 is 18.2. The minimum Gasteiger partial charge on any atom is -0.394 e. The van der Waals surface area contributed by atoms with Crippen molar-refractivity contribution in [2.24, 2.45) is 0 Å². The quantitative estimate of drug-likeness (QED) is 0.451. The lowest BCUT2D eigenvalue weighted by Crippen LogP contribution is -2.43. The number of aliphatic hydroxyl groups is 3. The van der Waals surface area contributed by atoms with Crippen molar-refractivity contribution >= 4 is 0 Å². The van der Waals surface area contributed by atoms with Crippen molar-refractivity contribution in [3.05, 3.63) is 32.9 Å². The Morgan fingerprint density at radius 3 is 2.68 bits per heavy atom. The minimum absolute atomic E-state index is 0.317. The fraction of sp³-hybridized carbons (Fsp3) is 0.556. The molecule has 10 heteroatoms. The predicted octanol–water partition coefficient (Wildman–Crippen LogP) is -3.46. The van der Waals surface area contributed by atoms with Crippen LogP contribution in [0.15, 0.2) is 15.8 Å². The van der Waals surface area contributed by atoms with E-state index >= 15 is 0 Å². The highest BCUT2D eigenvalue weighted by Crippen LogP contribution is 2.19. The van der Waals surface area contributed by atoms with Crippen molar-refractivity contribution in [3.8, 4) is 0 Å². The predicted molar refractivity (Wildman–Crippen MR) is 55.6 cm³/mol. The Morgan fingerprint density at radius 1 is 1.42 bits per heavy atom. The van der Waals surface area contributed by atoms with Gasteiger partial charge in [-0.15, -0.1) is 4.73 Å². The molecule has 1 fully saturated rings. The van der Waals surface area contributed by atoms with Crippen molar-refractivity contribution in [3.63, 3.8) is 0 Å². The highest BCUT2D eigenvalue weighted by atomic mass is 19.1. The van der Waals surface area contributed by atoms with E-state index in [0.717, 1.165) is 0 Å². The summed E-state index contributed by atoms with van der Waals surface area (Å²) in [6, 6.07) is 0. The molecular formula is C9H11FN2O7. The summed E-state index contributed by atoms with van der Waals surface area (Å²) >= 11 is 0. The molecule has 1 aliphatic rings. The molecule has 1 aromatic rings. The van der Waals surface area contributed by atoms with Gasteiger partial charge in [-0.25, -0.2) is 4.79 Å². The molecule has 1 saturated heterocycles. The third-order valence-corrected chi connectivity index (χ3v) is 2.58. The van der Waals surface area contributed by atoms with Gasteiger partial charge in [-0.1, -0.05) is 0 Å². The standard InChI is InChI=1S/C9H11FN2O7/c10-3-1-12(9(17)11-7(3)16)19-8-6(15)5(14)4(2-13)18-8/h1,4-6,8,13-15H,2H2,(H,11,16,17). The van der Waals surface area contributed by atoms with Gasteiger partial charge in [0, 0.05) is 0 Å². The van der Waals surface area contributed by atoms with Crippen LogP contribution in [-0.4, -0.2) is 56.2 Å². The van der Waals surface area contributed by atoms with E-state index in [2.05, 4.69) is 0 Å². The third-order valence-electron chi connectivity index (χ3n) is 2.58. The topological polar surface area (TPSA) is 134 Å². The number of halogens is 1. The van der Waals surface area contributed by atoms with E-state index in [1.54, 1.807) is 4.98 Å². The molecule has 2 rings (SSSR count). The zero-order valence-corrected chi connectivity index (χ0v) is 9.39. The first-order valence-corrected chi connectivity index (χ1v) is 5.25. The number of aromatic amines is 1. The Morgan fingerprint density at radius 2 is 2.11 bits per heavy atom. The highest BCUT2D eigenvalue weighted by molar-refractivity contribution is 4.88. The molecule has 4 unspecified atom stereocenters. The summed E-state index contributed by atoms with van der Waals surface area (Å²) in [5, 5.41) is 27.8. The van der Waals surface area contributed by atoms with Crippen molar-refractivity contribution in [2.75, 3.05) is 6.61 Å². The van der Waals surface area contributed by atoms with Gasteiger partial charge in [0.25, 0.3) is 11.8 Å². The van der Waals surface area contributed by atoms with E-state index in [4.69, 9.17) is 14.7 Å². The summed E-state index contributed by atoms with van der Waals surface area (Å²) in [6.07, 6.45) is -5.08. The Labute approximate surface area is 104 Å². The number of rotatable bonds is 3. The first-order valence-electron chi connectivity index (χ1n) is 5.25. The van der Waals surface area contributed by atoms with E-state index in [1.165, 1.54) is 0 Å². The van der Waals surface area contributed by atoms with Crippen LogP contribution in [0, 0.1) is 5.82 Å². The zero-order chi connectivity index (χ0) is 14.2. The monoisotopic (exact) mass is 278 g/mol. The molecule has 0 spiro atoms. The molecule has 0 bridgehead atoms. The van der Waals surface area contributed by atoms with Gasteiger partial charge >= 0.3 is 5.69 Å². The number of hydrogen-bond acceptors (Lipinski definition) is 7. The summed E-state index contributed by atoms with van der Waals surface area (Å²) in [4.78, 5) is 28.5. The van der Waals surface area contributed by atoms with Crippen LogP contribution in [0.5, 0.6) is 0 Å². The van der Waals surface area contributed by atoms with Crippen LogP contribution in [0.1, 0.15) is 0 Å². The second kappa shape index (κ2) is 5.09. The van der Waals surface area contributed by atoms with Gasteiger partial charge in [-0.2, -0.15) is 4.39 Å². The van der Waals surface area contributed by atoms with Gasteiger partial charge in [0.15, 0.2) is 0 Å². The highest BCUT2D eigenvalue weighted by Gasteiger charge is 2.44. The molecule has 1 aliphatic heterocycles. The lowest BCUT2D eigenvalue weighted by atomic mass is 10.1. The number of aromatic nitrogens is 2. The molecule has 0 aromatic carbocycles. The second-order valence-corrected chi connectivity index (χ2v) is 3.87. The van der Waals surface area contributed by atoms with Gasteiger partial charge in [-0.05, 0) is 0 Å². The first-order chi connectivity index (χ1) is 8.93. The van der Waals surface area contributed by atoms with Crippen LogP contribution in [0.2, 0.25) is 0 Å². The molecule has 106 valence electrons. The van der Waals surface area contributed by atoms with Gasteiger partial charge < -0.3 is 24.9 Å². The van der Waals surface area contributed by atoms with E-state index < -0.39 is 48.3 Å². The summed E-state index contributed by atoms with van der Waals surface area (Å²) in [5.41, 5.74) is -2.30. The third kappa shape index (κ3) is 2.51. The molecular weight excluding hydrogens is 267 g/mol. The maximum atomic E-state index is 13.0. The zero-order valence-electron chi connectivity index (χ0n) is 9.39. The number of aliphatic hydroxyl groups excluding tert-OH is 3. The Kier molecular flexibility index (Phi) is 3.66. The molecule has 1 aromatic heterocycles. The minimum atomic E-state index is -1.54. The van der Waals surface area contributed by atoms with Crippen LogP contribution in [0.4, 0.5) is 4.39 Å². The van der Waals surface area contributed by atoms with Crippen molar-refractivity contribution < 1.29 is 29.3 Å². The maximum Gasteiger partial charge on any atom is 0.361 e. The van der Waals surface area contributed by atoms with Gasteiger partial charge in [0.2, 0.25) is 5.82 Å². The van der Waals surface area contributed by atoms with E-state index in [-0.39, 0.29) is 0 Å². The van der Waals surface area contributed by atoms with Gasteiger partial charge in [0.1, 0.15) is 18.3 Å². The number of hydrogen-bond donors (Lipinski definition) is 4. The summed E-state index contributed by atoms with van der Waals surface area (Å²) in [6.45, 7) is -0.576. The summed E-state index contributed by atoms with van der Waals surface area (Å²) in [7, 11) is 0. The smallest absolute Gasteiger partial charge is 0.361 e. The van der Waals surface area contributed by atoms with Crippen molar-refractivity contribution in [2.45, 2.75) is 24.6 Å². The average molecular weight is 278 g/mol. The summed E-state index contributed by atoms with van der Waals surface area (Å²) in [5.74, 6) is -1.27. The molecule has 2 heterocycles. The number of nitrogens with one attached hydrogen (secondary N) is 1. The Bertz CT molecular complexity index is 570. The molecule has 0 aliphatic carbocycles. The van der Waals surface area contributed by atoms with Gasteiger partial charge in [0.05, 0.1) is 12.8 Å². The fourth-order valence-corrected chi connectivity index (χ4v) is 1.57. The van der Waals surface area contributed by atoms with Crippen LogP contribution in [-0.2, 0) is 4.74 Å². The fourth-order valence-electron chi connectivity index (χ4n) is 1.57. The van der Waals surface area contributed by atoms with Crippen LogP contribution < -0.4 is 16.1 Å². The first kappa shape index (κ1) is 13.7. The van der Waals surface area contributed by atoms with Crippen LogP contribution >= 0.6 is 0 Å². The van der Waals surface area contributed by atoms with E-state index in [1.807, 2.05) is 0 Å². The Balaban J connectivity index is 2.21. The average Bonchev–Trinajstić information content (AvgIpc) is 2.63. The lowest BCUT2D eigenvalue weighted by Gasteiger charge is -2.16. The molecule has 4 atom stereocenters. The molecule has 0 amide bonds. The lowest BCUT2D eigenvalue weighted by molar-refractivity contribution is -0.174. The van der Waals surface area contributed by atoms with Crippen LogP contribution in [0.25, 0.3) is 0 Å². The Hall–Kier alpha value is -1.75. The number of ether oxygens (including phenoxy) is 1. The molecule has 19 heavy (non-hydrogen) atoms. The maximum absolute atomic E-state index is 13.0. The number of H-pyrrole nitrogens is 1. The van der Waals surface area contributed by atoms with Crippen LogP contribution in [0.3, 0.4) is 0 Å².